The number of amides is 2. The van der Waals surface area contributed by atoms with Crippen molar-refractivity contribution in [2.45, 2.75) is 51.3 Å². The van der Waals surface area contributed by atoms with Crippen LogP contribution in [0.15, 0.2) is 24.3 Å². The quantitative estimate of drug-likeness (QED) is 0.876. The van der Waals surface area contributed by atoms with E-state index in [1.807, 2.05) is 32.0 Å². The first-order chi connectivity index (χ1) is 11.5. The molecule has 0 unspecified atom stereocenters. The molecule has 0 radical (unpaired) electrons. The average molecular weight is 328 g/mol. The maximum Gasteiger partial charge on any atom is 0.258 e. The SMILES string of the molecule is CC(C)NC(=O)[C@@H]1C[C@H]2CC[C@H]1C[C@@]21NC(=O)c2ccccc2O1. The molecule has 1 spiro atoms. The molecule has 2 amide bonds. The van der Waals surface area contributed by atoms with Crippen LogP contribution >= 0.6 is 0 Å². The first-order valence-electron chi connectivity index (χ1n) is 8.89. The Bertz CT molecular complexity index is 687. The molecule has 0 aromatic heterocycles. The summed E-state index contributed by atoms with van der Waals surface area (Å²) in [6, 6.07) is 7.55. The van der Waals surface area contributed by atoms with Crippen LogP contribution in [0.2, 0.25) is 0 Å². The molecule has 128 valence electrons. The van der Waals surface area contributed by atoms with Crippen LogP contribution in [0.4, 0.5) is 0 Å². The van der Waals surface area contributed by atoms with E-state index in [0.717, 1.165) is 19.3 Å². The molecule has 1 aromatic rings. The Morgan fingerprint density at radius 1 is 1.33 bits per heavy atom. The molecular weight excluding hydrogens is 304 g/mol. The van der Waals surface area contributed by atoms with Crippen LogP contribution in [0.5, 0.6) is 5.75 Å². The molecule has 3 fully saturated rings. The first kappa shape index (κ1) is 15.5. The Morgan fingerprint density at radius 3 is 2.83 bits per heavy atom. The maximum absolute atomic E-state index is 12.5. The monoisotopic (exact) mass is 328 g/mol. The molecule has 5 heteroatoms. The number of carbonyl (C=O) groups excluding carboxylic acids is 2. The molecule has 3 aliphatic carbocycles. The summed E-state index contributed by atoms with van der Waals surface area (Å²) in [7, 11) is 0. The van der Waals surface area contributed by atoms with E-state index in [9.17, 15) is 9.59 Å². The van der Waals surface area contributed by atoms with Crippen molar-refractivity contribution < 1.29 is 14.3 Å². The number of fused-ring (bicyclic) bond motifs is 3. The van der Waals surface area contributed by atoms with Crippen LogP contribution in [0.3, 0.4) is 0 Å². The lowest BCUT2D eigenvalue weighted by molar-refractivity contribution is -0.147. The van der Waals surface area contributed by atoms with E-state index in [-0.39, 0.29) is 35.6 Å². The Kier molecular flexibility index (Phi) is 3.55. The second-order valence-electron chi connectivity index (χ2n) is 7.69. The van der Waals surface area contributed by atoms with Gasteiger partial charge in [0, 0.05) is 24.3 Å². The summed E-state index contributed by atoms with van der Waals surface area (Å²) in [4.78, 5) is 25.0. The summed E-state index contributed by atoms with van der Waals surface area (Å²) in [5.74, 6) is 1.23. The molecule has 5 nitrogen and oxygen atoms in total. The number of rotatable bonds is 2. The second-order valence-corrected chi connectivity index (χ2v) is 7.69. The van der Waals surface area contributed by atoms with Gasteiger partial charge < -0.3 is 15.4 Å². The van der Waals surface area contributed by atoms with Gasteiger partial charge in [-0.05, 0) is 51.2 Å². The number of nitrogens with one attached hydrogen (secondary N) is 2. The van der Waals surface area contributed by atoms with Crippen molar-refractivity contribution in [2.24, 2.45) is 17.8 Å². The normalized spacial score (nSPS) is 33.8. The van der Waals surface area contributed by atoms with Crippen molar-refractivity contribution in [3.8, 4) is 5.75 Å². The molecule has 2 bridgehead atoms. The standard InChI is InChI=1S/C19H24N2O3/c1-11(2)20-17(22)15-9-13-8-7-12(15)10-19(13)21-18(23)14-5-3-4-6-16(14)24-19/h3-6,11-13,15H,7-10H2,1-2H3,(H,20,22)(H,21,23)/t12-,13+,15+,19-/m0/s1. The van der Waals surface area contributed by atoms with Gasteiger partial charge in [-0.2, -0.15) is 0 Å². The summed E-state index contributed by atoms with van der Waals surface area (Å²) in [6.07, 6.45) is 3.53. The number of para-hydroxylation sites is 1. The molecule has 2 N–H and O–H groups in total. The highest BCUT2D eigenvalue weighted by Crippen LogP contribution is 2.52. The van der Waals surface area contributed by atoms with Crippen molar-refractivity contribution in [1.82, 2.24) is 10.6 Å². The summed E-state index contributed by atoms with van der Waals surface area (Å²) >= 11 is 0. The number of benzene rings is 1. The fourth-order valence-corrected chi connectivity index (χ4v) is 4.67. The van der Waals surface area contributed by atoms with Crippen molar-refractivity contribution in [1.29, 1.82) is 0 Å². The summed E-state index contributed by atoms with van der Waals surface area (Å²) in [6.45, 7) is 3.98. The van der Waals surface area contributed by atoms with Crippen LogP contribution in [0.25, 0.3) is 0 Å². The zero-order valence-electron chi connectivity index (χ0n) is 14.2. The average Bonchev–Trinajstić information content (AvgIpc) is 2.54. The number of carbonyl (C=O) groups is 2. The Morgan fingerprint density at radius 2 is 2.12 bits per heavy atom. The highest BCUT2D eigenvalue weighted by atomic mass is 16.5. The highest BCUT2D eigenvalue weighted by Gasteiger charge is 2.57. The molecule has 5 rings (SSSR count). The van der Waals surface area contributed by atoms with Gasteiger partial charge in [0.1, 0.15) is 5.75 Å². The van der Waals surface area contributed by atoms with E-state index in [1.165, 1.54) is 0 Å². The molecule has 4 atom stereocenters. The lowest BCUT2D eigenvalue weighted by atomic mass is 9.60. The lowest BCUT2D eigenvalue weighted by Gasteiger charge is -2.55. The van der Waals surface area contributed by atoms with Gasteiger partial charge in [-0.1, -0.05) is 12.1 Å². The van der Waals surface area contributed by atoms with Crippen molar-refractivity contribution in [3.05, 3.63) is 29.8 Å². The van der Waals surface area contributed by atoms with Crippen LogP contribution in [0, 0.1) is 17.8 Å². The molecule has 0 saturated heterocycles. The zero-order valence-corrected chi connectivity index (χ0v) is 14.2. The van der Waals surface area contributed by atoms with Gasteiger partial charge in [0.25, 0.3) is 5.91 Å². The lowest BCUT2D eigenvalue weighted by Crippen LogP contribution is -2.67. The Labute approximate surface area is 142 Å². The van der Waals surface area contributed by atoms with Crippen LogP contribution in [-0.2, 0) is 4.79 Å². The van der Waals surface area contributed by atoms with Gasteiger partial charge in [-0.15, -0.1) is 0 Å². The molecule has 1 aromatic carbocycles. The third-order valence-electron chi connectivity index (χ3n) is 5.73. The summed E-state index contributed by atoms with van der Waals surface area (Å²) in [5, 5.41) is 6.17. The van der Waals surface area contributed by atoms with Crippen LogP contribution in [0.1, 0.15) is 49.9 Å². The van der Waals surface area contributed by atoms with Gasteiger partial charge in [0.2, 0.25) is 5.91 Å². The second kappa shape index (κ2) is 5.50. The van der Waals surface area contributed by atoms with E-state index in [0.29, 0.717) is 17.7 Å². The minimum Gasteiger partial charge on any atom is -0.467 e. The molecule has 3 saturated carbocycles. The van der Waals surface area contributed by atoms with E-state index in [4.69, 9.17) is 4.74 Å². The largest absolute Gasteiger partial charge is 0.467 e. The smallest absolute Gasteiger partial charge is 0.258 e. The van der Waals surface area contributed by atoms with Crippen LogP contribution in [-0.4, -0.2) is 23.6 Å². The van der Waals surface area contributed by atoms with Gasteiger partial charge in [-0.3, -0.25) is 9.59 Å². The minimum absolute atomic E-state index is 0.0365. The summed E-state index contributed by atoms with van der Waals surface area (Å²) in [5.41, 5.74) is -0.0400. The van der Waals surface area contributed by atoms with Crippen LogP contribution < -0.4 is 15.4 Å². The first-order valence-corrected chi connectivity index (χ1v) is 8.89. The number of ether oxygens (including phenoxy) is 1. The van der Waals surface area contributed by atoms with Crippen molar-refractivity contribution >= 4 is 11.8 Å². The van der Waals surface area contributed by atoms with E-state index < -0.39 is 5.72 Å². The third kappa shape index (κ3) is 2.38. The fraction of sp³-hybridized carbons (Fsp3) is 0.579. The molecule has 24 heavy (non-hydrogen) atoms. The van der Waals surface area contributed by atoms with Crippen molar-refractivity contribution in [2.75, 3.05) is 0 Å². The molecular formula is C19H24N2O3. The highest BCUT2D eigenvalue weighted by molar-refractivity contribution is 5.98. The van der Waals surface area contributed by atoms with E-state index in [2.05, 4.69) is 10.6 Å². The Hall–Kier alpha value is -2.04. The van der Waals surface area contributed by atoms with Gasteiger partial charge in [0.15, 0.2) is 5.72 Å². The third-order valence-corrected chi connectivity index (χ3v) is 5.73. The van der Waals surface area contributed by atoms with Gasteiger partial charge in [-0.25, -0.2) is 0 Å². The molecule has 1 heterocycles. The number of hydrogen-bond acceptors (Lipinski definition) is 3. The van der Waals surface area contributed by atoms with Gasteiger partial charge in [0.05, 0.1) is 5.56 Å². The Balaban J connectivity index is 1.58. The molecule has 4 aliphatic rings. The topological polar surface area (TPSA) is 67.4 Å². The predicted octanol–water partition coefficient (Wildman–Crippen LogP) is 2.47. The maximum atomic E-state index is 12.5. The summed E-state index contributed by atoms with van der Waals surface area (Å²) < 4.78 is 6.31. The number of hydrogen-bond donors (Lipinski definition) is 2. The van der Waals surface area contributed by atoms with E-state index in [1.54, 1.807) is 6.07 Å². The zero-order chi connectivity index (χ0) is 16.9. The van der Waals surface area contributed by atoms with E-state index >= 15 is 0 Å². The predicted molar refractivity (Wildman–Crippen MR) is 89.5 cm³/mol. The van der Waals surface area contributed by atoms with Gasteiger partial charge >= 0.3 is 0 Å². The fourth-order valence-electron chi connectivity index (χ4n) is 4.67. The minimum atomic E-state index is -0.636. The van der Waals surface area contributed by atoms with Crippen molar-refractivity contribution in [3.63, 3.8) is 0 Å². The molecule has 1 aliphatic heterocycles.